The molecule has 0 radical (unpaired) electrons. The summed E-state index contributed by atoms with van der Waals surface area (Å²) in [6.45, 7) is 6.05. The number of hydrogen-bond acceptors (Lipinski definition) is 11. The molecule has 1 unspecified atom stereocenters. The van der Waals surface area contributed by atoms with Crippen LogP contribution in [0.15, 0.2) is 59.1 Å². The number of anilines is 1. The van der Waals surface area contributed by atoms with E-state index in [2.05, 4.69) is 19.8 Å². The summed E-state index contributed by atoms with van der Waals surface area (Å²) in [4.78, 5) is 48.3. The predicted octanol–water partition coefficient (Wildman–Crippen LogP) is 2.41. The second kappa shape index (κ2) is 15.4. The molecule has 4 aromatic rings. The summed E-state index contributed by atoms with van der Waals surface area (Å²) >= 11 is 0. The van der Waals surface area contributed by atoms with Gasteiger partial charge in [-0.2, -0.15) is 0 Å². The molecule has 1 fully saturated rings. The van der Waals surface area contributed by atoms with Gasteiger partial charge in [0.25, 0.3) is 0 Å². The maximum atomic E-state index is 9.10. The number of piperidine rings is 1. The van der Waals surface area contributed by atoms with Crippen LogP contribution in [0, 0.1) is 6.92 Å². The van der Waals surface area contributed by atoms with Crippen LogP contribution in [0.5, 0.6) is 11.5 Å². The van der Waals surface area contributed by atoms with Crippen molar-refractivity contribution in [1.29, 1.82) is 0 Å². The first kappa shape index (κ1) is 33.3. The molecule has 2 aliphatic heterocycles. The third-order valence-corrected chi connectivity index (χ3v) is 6.93. The van der Waals surface area contributed by atoms with E-state index >= 15 is 0 Å². The number of para-hydroxylation sites is 2. The Hall–Kier alpha value is -5.64. The molecule has 5 N–H and O–H groups in total. The van der Waals surface area contributed by atoms with Gasteiger partial charge in [-0.05, 0) is 56.2 Å². The molecule has 5 heterocycles. The fraction of sp³-hybridized carbons (Fsp3) is 0.333. The molecule has 3 aromatic heterocycles. The molecule has 0 aliphatic carbocycles. The molecule has 46 heavy (non-hydrogen) atoms. The Labute approximate surface area is 261 Å². The molecule has 1 atom stereocenters. The fourth-order valence-corrected chi connectivity index (χ4v) is 4.83. The van der Waals surface area contributed by atoms with Gasteiger partial charge in [-0.25, -0.2) is 29.1 Å². The average Bonchev–Trinajstić information content (AvgIpc) is 3.61. The van der Waals surface area contributed by atoms with E-state index in [4.69, 9.17) is 58.5 Å². The highest BCUT2D eigenvalue weighted by atomic mass is 16.6. The van der Waals surface area contributed by atoms with Crippen LogP contribution in [0.3, 0.4) is 0 Å². The van der Waals surface area contributed by atoms with Crippen molar-refractivity contribution >= 4 is 41.0 Å². The summed E-state index contributed by atoms with van der Waals surface area (Å²) < 4.78 is 20.0. The minimum absolute atomic E-state index is 0.0615. The zero-order chi connectivity index (χ0) is 33.2. The van der Waals surface area contributed by atoms with Crippen molar-refractivity contribution < 1.29 is 53.5 Å². The van der Waals surface area contributed by atoms with E-state index in [1.807, 2.05) is 61.7 Å². The van der Waals surface area contributed by atoms with Gasteiger partial charge in [-0.3, -0.25) is 9.47 Å². The number of aliphatic carboxylic acids is 4. The van der Waals surface area contributed by atoms with Crippen LogP contribution in [0.4, 0.5) is 5.95 Å². The van der Waals surface area contributed by atoms with Crippen molar-refractivity contribution in [3.63, 3.8) is 0 Å². The SMILES string of the molecule is Cc1ccc(Cn2c(NC3CCN(CC4COc5ccccc5O4)CC3)nc3cccnc32)o1.O=C(O)C(=O)O.O=C(O)C(=O)O. The van der Waals surface area contributed by atoms with Gasteiger partial charge in [0.05, 0.1) is 6.54 Å². The van der Waals surface area contributed by atoms with Crippen molar-refractivity contribution in [3.8, 4) is 11.5 Å². The van der Waals surface area contributed by atoms with Crippen LogP contribution >= 0.6 is 0 Å². The Morgan fingerprint density at radius 1 is 0.891 bits per heavy atom. The number of ether oxygens (including phenoxy) is 2. The number of nitrogens with one attached hydrogen (secondary N) is 1. The summed E-state index contributed by atoms with van der Waals surface area (Å²) in [6, 6.07) is 16.2. The topological polar surface area (TPSA) is 227 Å². The second-order valence-corrected chi connectivity index (χ2v) is 10.3. The minimum atomic E-state index is -1.82. The van der Waals surface area contributed by atoms with Gasteiger partial charge < -0.3 is 39.6 Å². The molecule has 0 saturated carbocycles. The van der Waals surface area contributed by atoms with E-state index in [1.165, 1.54) is 0 Å². The normalized spacial score (nSPS) is 15.9. The van der Waals surface area contributed by atoms with Crippen molar-refractivity contribution in [3.05, 3.63) is 66.2 Å². The number of furan rings is 1. The molecule has 6 rings (SSSR count). The highest BCUT2D eigenvalue weighted by Crippen LogP contribution is 2.31. The van der Waals surface area contributed by atoms with Gasteiger partial charge in [0, 0.05) is 31.9 Å². The van der Waals surface area contributed by atoms with Crippen molar-refractivity contribution in [1.82, 2.24) is 19.4 Å². The number of carboxylic acid groups (broad SMARTS) is 4. The predicted molar refractivity (Wildman–Crippen MR) is 160 cm³/mol. The smallest absolute Gasteiger partial charge is 0.414 e. The maximum Gasteiger partial charge on any atom is 0.414 e. The number of imidazole rings is 1. The lowest BCUT2D eigenvalue weighted by Gasteiger charge is -2.36. The summed E-state index contributed by atoms with van der Waals surface area (Å²) in [5.41, 5.74) is 1.76. The van der Waals surface area contributed by atoms with Crippen LogP contribution in [-0.2, 0) is 25.7 Å². The lowest BCUT2D eigenvalue weighted by atomic mass is 10.0. The number of hydrogen-bond donors (Lipinski definition) is 5. The molecular formula is C30H33N5O11. The summed E-state index contributed by atoms with van der Waals surface area (Å²) in [5.74, 6) is -2.96. The number of pyridine rings is 1. The standard InChI is InChI=1S/C26H29N5O3.2C2H2O4/c1-18-8-9-20(33-18)16-31-25-22(5-4-12-27-25)29-26(31)28-19-10-13-30(14-11-19)15-21-17-32-23-6-2-3-7-24(23)34-21;2*3-1(4)2(5)6/h2-9,12,19,21H,10-11,13-17H2,1H3,(H,28,29);2*(H,3,4)(H,5,6). The Kier molecular flexibility index (Phi) is 11.1. The third kappa shape index (κ3) is 9.18. The van der Waals surface area contributed by atoms with Crippen LogP contribution in [-0.4, -0.2) is 102 Å². The van der Waals surface area contributed by atoms with E-state index in [-0.39, 0.29) is 6.10 Å². The summed E-state index contributed by atoms with van der Waals surface area (Å²) in [5, 5.41) is 33.3. The summed E-state index contributed by atoms with van der Waals surface area (Å²) in [7, 11) is 0. The number of carboxylic acids is 4. The van der Waals surface area contributed by atoms with Crippen LogP contribution < -0.4 is 14.8 Å². The molecule has 1 saturated heterocycles. The Bertz CT molecular complexity index is 1630. The minimum Gasteiger partial charge on any atom is -0.486 e. The molecule has 244 valence electrons. The number of carbonyl (C=O) groups is 4. The highest BCUT2D eigenvalue weighted by Gasteiger charge is 2.27. The van der Waals surface area contributed by atoms with Gasteiger partial charge in [0.2, 0.25) is 5.95 Å². The van der Waals surface area contributed by atoms with Crippen LogP contribution in [0.1, 0.15) is 24.4 Å². The number of aromatic nitrogens is 3. The highest BCUT2D eigenvalue weighted by molar-refractivity contribution is 6.27. The Morgan fingerprint density at radius 3 is 2.15 bits per heavy atom. The third-order valence-electron chi connectivity index (χ3n) is 6.93. The Balaban J connectivity index is 0.000000343. The second-order valence-electron chi connectivity index (χ2n) is 10.3. The zero-order valence-corrected chi connectivity index (χ0v) is 24.7. The number of aryl methyl sites for hydroxylation is 1. The van der Waals surface area contributed by atoms with Gasteiger partial charge in [0.1, 0.15) is 29.7 Å². The first-order valence-electron chi connectivity index (χ1n) is 14.2. The number of likely N-dealkylation sites (tertiary alicyclic amines) is 1. The van der Waals surface area contributed by atoms with Crippen molar-refractivity contribution in [2.75, 3.05) is 31.6 Å². The van der Waals surface area contributed by atoms with Crippen LogP contribution in [0.25, 0.3) is 11.2 Å². The number of nitrogens with zero attached hydrogens (tertiary/aromatic N) is 4. The number of rotatable bonds is 6. The van der Waals surface area contributed by atoms with Crippen molar-refractivity contribution in [2.24, 2.45) is 0 Å². The van der Waals surface area contributed by atoms with E-state index < -0.39 is 23.9 Å². The molecule has 2 aliphatic rings. The molecule has 0 amide bonds. The molecule has 1 aromatic carbocycles. The number of benzene rings is 1. The first-order valence-corrected chi connectivity index (χ1v) is 14.2. The van der Waals surface area contributed by atoms with Crippen LogP contribution in [0.2, 0.25) is 0 Å². The lowest BCUT2D eigenvalue weighted by molar-refractivity contribution is -0.159. The molecular weight excluding hydrogens is 606 g/mol. The van der Waals surface area contributed by atoms with Gasteiger partial charge in [-0.1, -0.05) is 12.1 Å². The lowest BCUT2D eigenvalue weighted by Crippen LogP contribution is -2.46. The number of fused-ring (bicyclic) bond motifs is 2. The quantitative estimate of drug-likeness (QED) is 0.191. The van der Waals surface area contributed by atoms with Gasteiger partial charge in [0.15, 0.2) is 17.1 Å². The average molecular weight is 640 g/mol. The Morgan fingerprint density at radius 2 is 1.54 bits per heavy atom. The molecule has 0 spiro atoms. The van der Waals surface area contributed by atoms with E-state index in [0.717, 1.165) is 72.6 Å². The molecule has 0 bridgehead atoms. The largest absolute Gasteiger partial charge is 0.486 e. The fourth-order valence-electron chi connectivity index (χ4n) is 4.83. The van der Waals surface area contributed by atoms with E-state index in [9.17, 15) is 0 Å². The zero-order valence-electron chi connectivity index (χ0n) is 24.7. The van der Waals surface area contributed by atoms with Crippen molar-refractivity contribution in [2.45, 2.75) is 38.5 Å². The molecule has 16 heteroatoms. The maximum absolute atomic E-state index is 9.10. The summed E-state index contributed by atoms with van der Waals surface area (Å²) in [6.07, 6.45) is 3.96. The van der Waals surface area contributed by atoms with E-state index in [0.29, 0.717) is 19.2 Å². The monoisotopic (exact) mass is 639 g/mol. The van der Waals surface area contributed by atoms with Gasteiger partial charge in [-0.15, -0.1) is 0 Å². The van der Waals surface area contributed by atoms with Gasteiger partial charge >= 0.3 is 23.9 Å². The molecule has 16 nitrogen and oxygen atoms in total. The first-order chi connectivity index (χ1) is 22.0. The van der Waals surface area contributed by atoms with E-state index in [1.54, 1.807) is 0 Å².